The zero-order valence-corrected chi connectivity index (χ0v) is 11.0. The molecule has 0 saturated heterocycles. The van der Waals surface area contributed by atoms with Gasteiger partial charge in [-0.3, -0.25) is 0 Å². The van der Waals surface area contributed by atoms with Crippen molar-refractivity contribution in [3.63, 3.8) is 0 Å². The van der Waals surface area contributed by atoms with Crippen molar-refractivity contribution in [2.75, 3.05) is 0 Å². The lowest BCUT2D eigenvalue weighted by atomic mass is 10.3. The SMILES string of the molecule is CC(C)OC(=O)c1cccc(C(=O)OC(C)C)n1. The molecule has 0 radical (unpaired) electrons. The quantitative estimate of drug-likeness (QED) is 0.767. The van der Waals surface area contributed by atoms with Crippen molar-refractivity contribution in [3.05, 3.63) is 29.6 Å². The van der Waals surface area contributed by atoms with Crippen molar-refractivity contribution in [2.45, 2.75) is 39.9 Å². The van der Waals surface area contributed by atoms with Crippen molar-refractivity contribution in [1.29, 1.82) is 0 Å². The van der Waals surface area contributed by atoms with Gasteiger partial charge in [-0.25, -0.2) is 14.6 Å². The molecule has 1 aromatic rings. The number of aromatic nitrogens is 1. The predicted molar refractivity (Wildman–Crippen MR) is 65.3 cm³/mol. The van der Waals surface area contributed by atoms with E-state index in [-0.39, 0.29) is 23.6 Å². The molecule has 0 aliphatic rings. The molecule has 0 amide bonds. The zero-order valence-electron chi connectivity index (χ0n) is 11.0. The predicted octanol–water partition coefficient (Wildman–Crippen LogP) is 2.21. The van der Waals surface area contributed by atoms with Crippen LogP contribution in [0.4, 0.5) is 0 Å². The number of nitrogens with zero attached hydrogens (tertiary/aromatic N) is 1. The Bertz CT molecular complexity index is 403. The van der Waals surface area contributed by atoms with Gasteiger partial charge in [0.15, 0.2) is 0 Å². The van der Waals surface area contributed by atoms with Crippen molar-refractivity contribution >= 4 is 11.9 Å². The van der Waals surface area contributed by atoms with Gasteiger partial charge in [0.05, 0.1) is 12.2 Å². The standard InChI is InChI=1S/C13H17NO4/c1-8(2)17-12(15)10-6-5-7-11(14-10)13(16)18-9(3)4/h5-9H,1-4H3. The molecule has 0 fully saturated rings. The van der Waals surface area contributed by atoms with Crippen LogP contribution in [0, 0.1) is 0 Å². The van der Waals surface area contributed by atoms with Crippen LogP contribution in [0.15, 0.2) is 18.2 Å². The Kier molecular flexibility index (Phi) is 4.83. The van der Waals surface area contributed by atoms with Gasteiger partial charge in [-0.05, 0) is 39.8 Å². The first-order chi connectivity index (χ1) is 8.40. The van der Waals surface area contributed by atoms with Gasteiger partial charge in [0.1, 0.15) is 11.4 Å². The molecule has 1 heterocycles. The summed E-state index contributed by atoms with van der Waals surface area (Å²) in [6.45, 7) is 6.98. The molecule has 0 saturated carbocycles. The van der Waals surface area contributed by atoms with E-state index in [2.05, 4.69) is 4.98 Å². The van der Waals surface area contributed by atoms with Crippen LogP contribution in [0.1, 0.15) is 48.7 Å². The Morgan fingerprint density at radius 1 is 0.944 bits per heavy atom. The summed E-state index contributed by atoms with van der Waals surface area (Å²) in [7, 11) is 0. The van der Waals surface area contributed by atoms with E-state index in [1.165, 1.54) is 12.1 Å². The van der Waals surface area contributed by atoms with Crippen LogP contribution in [0.25, 0.3) is 0 Å². The number of rotatable bonds is 4. The molecule has 0 aliphatic carbocycles. The van der Waals surface area contributed by atoms with Crippen LogP contribution in [0.2, 0.25) is 0 Å². The van der Waals surface area contributed by atoms with E-state index in [0.717, 1.165) is 0 Å². The van der Waals surface area contributed by atoms with Crippen LogP contribution in [-0.4, -0.2) is 29.1 Å². The summed E-state index contributed by atoms with van der Waals surface area (Å²) < 4.78 is 10.00. The number of carbonyl (C=O) groups excluding carboxylic acids is 2. The maximum Gasteiger partial charge on any atom is 0.357 e. The van der Waals surface area contributed by atoms with Crippen molar-refractivity contribution < 1.29 is 19.1 Å². The molecule has 98 valence electrons. The van der Waals surface area contributed by atoms with E-state index >= 15 is 0 Å². The number of ether oxygens (including phenoxy) is 2. The molecular formula is C13H17NO4. The van der Waals surface area contributed by atoms with Gasteiger partial charge in [0.2, 0.25) is 0 Å². The lowest BCUT2D eigenvalue weighted by molar-refractivity contribution is 0.0363. The number of carbonyl (C=O) groups is 2. The Labute approximate surface area is 106 Å². The molecule has 0 aliphatic heterocycles. The summed E-state index contributed by atoms with van der Waals surface area (Å²) in [5.74, 6) is -1.10. The first-order valence-corrected chi connectivity index (χ1v) is 5.79. The number of hydrogen-bond donors (Lipinski definition) is 0. The van der Waals surface area contributed by atoms with E-state index in [9.17, 15) is 9.59 Å². The molecule has 5 nitrogen and oxygen atoms in total. The second kappa shape index (κ2) is 6.14. The molecule has 18 heavy (non-hydrogen) atoms. The molecule has 0 unspecified atom stereocenters. The second-order valence-corrected chi connectivity index (χ2v) is 4.32. The summed E-state index contributed by atoms with van der Waals surface area (Å²) in [5, 5.41) is 0. The molecule has 5 heteroatoms. The lowest BCUT2D eigenvalue weighted by Gasteiger charge is -2.09. The normalized spacial score (nSPS) is 10.6. The maximum absolute atomic E-state index is 11.6. The Balaban J connectivity index is 2.85. The monoisotopic (exact) mass is 251 g/mol. The molecule has 1 aromatic heterocycles. The Morgan fingerprint density at radius 2 is 1.33 bits per heavy atom. The van der Waals surface area contributed by atoms with Gasteiger partial charge in [0.25, 0.3) is 0 Å². The van der Waals surface area contributed by atoms with Gasteiger partial charge >= 0.3 is 11.9 Å². The van der Waals surface area contributed by atoms with E-state index in [1.54, 1.807) is 33.8 Å². The third-order valence-corrected chi connectivity index (χ3v) is 1.85. The van der Waals surface area contributed by atoms with Gasteiger partial charge in [-0.2, -0.15) is 0 Å². The third-order valence-electron chi connectivity index (χ3n) is 1.85. The van der Waals surface area contributed by atoms with E-state index in [4.69, 9.17) is 9.47 Å². The van der Waals surface area contributed by atoms with Crippen molar-refractivity contribution in [1.82, 2.24) is 4.98 Å². The first-order valence-electron chi connectivity index (χ1n) is 5.79. The highest BCUT2D eigenvalue weighted by atomic mass is 16.5. The second-order valence-electron chi connectivity index (χ2n) is 4.32. The highest BCUT2D eigenvalue weighted by Crippen LogP contribution is 2.06. The van der Waals surface area contributed by atoms with Crippen LogP contribution in [-0.2, 0) is 9.47 Å². The smallest absolute Gasteiger partial charge is 0.357 e. The minimum absolute atomic E-state index is 0.0990. The average Bonchev–Trinajstić information content (AvgIpc) is 2.27. The highest BCUT2D eigenvalue weighted by Gasteiger charge is 2.15. The molecule has 0 spiro atoms. The van der Waals surface area contributed by atoms with Crippen molar-refractivity contribution in [2.24, 2.45) is 0 Å². The number of hydrogen-bond acceptors (Lipinski definition) is 5. The van der Waals surface area contributed by atoms with Gasteiger partial charge in [-0.1, -0.05) is 6.07 Å². The fourth-order valence-electron chi connectivity index (χ4n) is 1.21. The topological polar surface area (TPSA) is 65.5 Å². The van der Waals surface area contributed by atoms with Crippen LogP contribution >= 0.6 is 0 Å². The molecule has 0 bridgehead atoms. The van der Waals surface area contributed by atoms with E-state index in [0.29, 0.717) is 0 Å². The molecule has 0 N–H and O–H groups in total. The Morgan fingerprint density at radius 3 is 1.67 bits per heavy atom. The van der Waals surface area contributed by atoms with Crippen molar-refractivity contribution in [3.8, 4) is 0 Å². The molecule has 0 aromatic carbocycles. The van der Waals surface area contributed by atoms with Crippen LogP contribution < -0.4 is 0 Å². The fourth-order valence-corrected chi connectivity index (χ4v) is 1.21. The maximum atomic E-state index is 11.6. The van der Waals surface area contributed by atoms with E-state index < -0.39 is 11.9 Å². The molecular weight excluding hydrogens is 234 g/mol. The summed E-state index contributed by atoms with van der Waals surface area (Å²) >= 11 is 0. The minimum Gasteiger partial charge on any atom is -0.458 e. The minimum atomic E-state index is -0.552. The van der Waals surface area contributed by atoms with Gasteiger partial charge in [-0.15, -0.1) is 0 Å². The fraction of sp³-hybridized carbons (Fsp3) is 0.462. The van der Waals surface area contributed by atoms with E-state index in [1.807, 2.05) is 0 Å². The van der Waals surface area contributed by atoms with Gasteiger partial charge in [0, 0.05) is 0 Å². The number of esters is 2. The summed E-state index contributed by atoms with van der Waals surface area (Å²) in [5.41, 5.74) is 0.198. The van der Waals surface area contributed by atoms with Crippen LogP contribution in [0.5, 0.6) is 0 Å². The number of pyridine rings is 1. The largest absolute Gasteiger partial charge is 0.458 e. The third kappa shape index (κ3) is 4.16. The summed E-state index contributed by atoms with van der Waals surface area (Å²) in [6, 6.07) is 4.56. The highest BCUT2D eigenvalue weighted by molar-refractivity contribution is 5.91. The van der Waals surface area contributed by atoms with Gasteiger partial charge < -0.3 is 9.47 Å². The van der Waals surface area contributed by atoms with Crippen LogP contribution in [0.3, 0.4) is 0 Å². The first kappa shape index (κ1) is 14.2. The average molecular weight is 251 g/mol. The molecule has 1 rings (SSSR count). The lowest BCUT2D eigenvalue weighted by Crippen LogP contribution is -2.17. The summed E-state index contributed by atoms with van der Waals surface area (Å²) in [6.07, 6.45) is -0.462. The summed E-state index contributed by atoms with van der Waals surface area (Å²) in [4.78, 5) is 27.2. The Hall–Kier alpha value is -1.91. The zero-order chi connectivity index (χ0) is 13.7. The molecule has 0 atom stereocenters.